The van der Waals surface area contributed by atoms with E-state index in [9.17, 15) is 9.59 Å². The highest BCUT2D eigenvalue weighted by Gasteiger charge is 2.30. The van der Waals surface area contributed by atoms with Crippen LogP contribution in [0.15, 0.2) is 24.3 Å². The van der Waals surface area contributed by atoms with Gasteiger partial charge in [-0.3, -0.25) is 10.1 Å². The summed E-state index contributed by atoms with van der Waals surface area (Å²) in [5.41, 5.74) is 6.65. The molecule has 1 unspecified atom stereocenters. The normalized spacial score (nSPS) is 19.7. The zero-order chi connectivity index (χ0) is 13.1. The number of amides is 3. The molecule has 0 saturated carbocycles. The molecule has 1 aliphatic heterocycles. The van der Waals surface area contributed by atoms with Crippen LogP contribution >= 0.6 is 0 Å². The number of nitrogens with one attached hydrogen (secondary N) is 1. The molecule has 1 aromatic carbocycles. The summed E-state index contributed by atoms with van der Waals surface area (Å²) in [6, 6.07) is 6.91. The average molecular weight is 249 g/mol. The van der Waals surface area contributed by atoms with Crippen molar-refractivity contribution in [3.8, 4) is 5.75 Å². The molecule has 3 N–H and O–H groups in total. The maximum atomic E-state index is 11.7. The van der Waals surface area contributed by atoms with E-state index in [1.54, 1.807) is 7.11 Å². The van der Waals surface area contributed by atoms with Gasteiger partial charge in [-0.1, -0.05) is 18.2 Å². The van der Waals surface area contributed by atoms with Gasteiger partial charge >= 0.3 is 6.03 Å². The zero-order valence-corrected chi connectivity index (χ0v) is 10.1. The third-order valence-electron chi connectivity index (χ3n) is 2.84. The fourth-order valence-electron chi connectivity index (χ4n) is 1.90. The van der Waals surface area contributed by atoms with Gasteiger partial charge in [0.25, 0.3) is 0 Å². The van der Waals surface area contributed by atoms with Gasteiger partial charge in [-0.05, 0) is 6.07 Å². The van der Waals surface area contributed by atoms with Crippen LogP contribution < -0.4 is 15.8 Å². The molecule has 6 nitrogen and oxygen atoms in total. The Kier molecular flexibility index (Phi) is 3.47. The molecule has 1 aromatic rings. The maximum absolute atomic E-state index is 11.7. The molecule has 1 aliphatic rings. The van der Waals surface area contributed by atoms with E-state index in [2.05, 4.69) is 5.32 Å². The molecule has 0 radical (unpaired) electrons. The number of benzene rings is 1. The van der Waals surface area contributed by atoms with Gasteiger partial charge in [0, 0.05) is 5.56 Å². The Balaban J connectivity index is 2.17. The molecule has 1 fully saturated rings. The molecular formula is C12H15N3O3. The summed E-state index contributed by atoms with van der Waals surface area (Å²) in [7, 11) is 1.57. The molecule has 2 rings (SSSR count). The van der Waals surface area contributed by atoms with Crippen molar-refractivity contribution in [3.63, 3.8) is 0 Å². The molecule has 1 atom stereocenters. The second kappa shape index (κ2) is 5.05. The van der Waals surface area contributed by atoms with Crippen molar-refractivity contribution in [2.45, 2.75) is 19.1 Å². The number of hydrogen-bond acceptors (Lipinski definition) is 4. The number of hydrogen-bond donors (Lipinski definition) is 2. The molecule has 96 valence electrons. The minimum Gasteiger partial charge on any atom is -0.496 e. The smallest absolute Gasteiger partial charge is 0.325 e. The Bertz CT molecular complexity index is 475. The lowest BCUT2D eigenvalue weighted by Gasteiger charge is -2.32. The summed E-state index contributed by atoms with van der Waals surface area (Å²) < 4.78 is 5.21. The summed E-state index contributed by atoms with van der Waals surface area (Å²) in [6.07, 6.45) is -0.489. The SMILES string of the molecule is COc1ccccc1CN1C(=O)NC(=O)CC1N. The van der Waals surface area contributed by atoms with E-state index in [0.29, 0.717) is 12.3 Å². The predicted octanol–water partition coefficient (Wildman–Crippen LogP) is 0.422. The number of ether oxygens (including phenoxy) is 1. The molecule has 0 bridgehead atoms. The second-order valence-electron chi connectivity index (χ2n) is 4.06. The monoisotopic (exact) mass is 249 g/mol. The molecule has 0 aromatic heterocycles. The molecule has 1 saturated heterocycles. The van der Waals surface area contributed by atoms with Crippen molar-refractivity contribution in [2.75, 3.05) is 7.11 Å². The molecule has 1 heterocycles. The van der Waals surface area contributed by atoms with Crippen LogP contribution in [0.4, 0.5) is 4.79 Å². The van der Waals surface area contributed by atoms with Crippen molar-refractivity contribution >= 4 is 11.9 Å². The fourth-order valence-corrected chi connectivity index (χ4v) is 1.90. The zero-order valence-electron chi connectivity index (χ0n) is 10.1. The van der Waals surface area contributed by atoms with Crippen molar-refractivity contribution < 1.29 is 14.3 Å². The number of rotatable bonds is 3. The van der Waals surface area contributed by atoms with Crippen LogP contribution in [0.3, 0.4) is 0 Å². The quantitative estimate of drug-likeness (QED) is 0.813. The Hall–Kier alpha value is -2.08. The first-order valence-electron chi connectivity index (χ1n) is 5.59. The van der Waals surface area contributed by atoms with Crippen LogP contribution in [0.25, 0.3) is 0 Å². The number of nitrogens with two attached hydrogens (primary N) is 1. The topological polar surface area (TPSA) is 84.7 Å². The molecule has 0 spiro atoms. The first-order chi connectivity index (χ1) is 8.61. The fraction of sp³-hybridized carbons (Fsp3) is 0.333. The van der Waals surface area contributed by atoms with Gasteiger partial charge < -0.3 is 15.4 Å². The van der Waals surface area contributed by atoms with Gasteiger partial charge in [-0.15, -0.1) is 0 Å². The summed E-state index contributed by atoms with van der Waals surface area (Å²) >= 11 is 0. The van der Waals surface area contributed by atoms with Crippen LogP contribution in [-0.2, 0) is 11.3 Å². The molecule has 3 amide bonds. The van der Waals surface area contributed by atoms with Gasteiger partial charge in [-0.2, -0.15) is 0 Å². The van der Waals surface area contributed by atoms with Crippen LogP contribution in [0.1, 0.15) is 12.0 Å². The Labute approximate surface area is 105 Å². The largest absolute Gasteiger partial charge is 0.496 e. The number of carbonyl (C=O) groups excluding carboxylic acids is 2. The highest BCUT2D eigenvalue weighted by Crippen LogP contribution is 2.21. The first kappa shape index (κ1) is 12.4. The third kappa shape index (κ3) is 2.43. The van der Waals surface area contributed by atoms with E-state index in [1.165, 1.54) is 4.90 Å². The summed E-state index contributed by atoms with van der Waals surface area (Å²) in [6.45, 7) is 0.310. The van der Waals surface area contributed by atoms with Crippen molar-refractivity contribution in [1.82, 2.24) is 10.2 Å². The molecular weight excluding hydrogens is 234 g/mol. The standard InChI is InChI=1S/C12H15N3O3/c1-18-9-5-3-2-4-8(9)7-15-10(13)6-11(16)14-12(15)17/h2-5,10H,6-7,13H2,1H3,(H,14,16,17). The Morgan fingerprint density at radius 3 is 2.83 bits per heavy atom. The van der Waals surface area contributed by atoms with E-state index < -0.39 is 12.2 Å². The predicted molar refractivity (Wildman–Crippen MR) is 64.7 cm³/mol. The lowest BCUT2D eigenvalue weighted by molar-refractivity contribution is -0.122. The van der Waals surface area contributed by atoms with Crippen LogP contribution in [0.5, 0.6) is 5.75 Å². The van der Waals surface area contributed by atoms with Crippen molar-refractivity contribution in [3.05, 3.63) is 29.8 Å². The minimum atomic E-state index is -0.601. The van der Waals surface area contributed by atoms with E-state index >= 15 is 0 Å². The Morgan fingerprint density at radius 1 is 1.44 bits per heavy atom. The molecule has 6 heteroatoms. The van der Waals surface area contributed by atoms with E-state index in [4.69, 9.17) is 10.5 Å². The van der Waals surface area contributed by atoms with Crippen LogP contribution in [-0.4, -0.2) is 30.1 Å². The highest BCUT2D eigenvalue weighted by molar-refractivity contribution is 5.97. The number of nitrogens with zero attached hydrogens (tertiary/aromatic N) is 1. The van der Waals surface area contributed by atoms with Gasteiger partial charge in [0.05, 0.1) is 26.2 Å². The van der Waals surface area contributed by atoms with Crippen LogP contribution in [0.2, 0.25) is 0 Å². The third-order valence-corrected chi connectivity index (χ3v) is 2.84. The van der Waals surface area contributed by atoms with Crippen molar-refractivity contribution in [2.24, 2.45) is 5.73 Å². The van der Waals surface area contributed by atoms with E-state index in [1.807, 2.05) is 24.3 Å². The number of carbonyl (C=O) groups is 2. The lowest BCUT2D eigenvalue weighted by atomic mass is 10.1. The molecule has 0 aliphatic carbocycles. The second-order valence-corrected chi connectivity index (χ2v) is 4.06. The number of methoxy groups -OCH3 is 1. The van der Waals surface area contributed by atoms with E-state index in [0.717, 1.165) is 5.56 Å². The van der Waals surface area contributed by atoms with Crippen LogP contribution in [0, 0.1) is 0 Å². The highest BCUT2D eigenvalue weighted by atomic mass is 16.5. The average Bonchev–Trinajstić information content (AvgIpc) is 2.34. The van der Waals surface area contributed by atoms with Crippen molar-refractivity contribution in [1.29, 1.82) is 0 Å². The van der Waals surface area contributed by atoms with Gasteiger partial charge in [0.1, 0.15) is 5.75 Å². The summed E-state index contributed by atoms with van der Waals surface area (Å²) in [5.74, 6) is 0.346. The Morgan fingerprint density at radius 2 is 2.17 bits per heavy atom. The summed E-state index contributed by atoms with van der Waals surface area (Å²) in [4.78, 5) is 24.2. The molecule has 18 heavy (non-hydrogen) atoms. The first-order valence-corrected chi connectivity index (χ1v) is 5.59. The maximum Gasteiger partial charge on any atom is 0.325 e. The minimum absolute atomic E-state index is 0.112. The number of imide groups is 1. The number of urea groups is 1. The summed E-state index contributed by atoms with van der Waals surface area (Å²) in [5, 5.41) is 2.24. The van der Waals surface area contributed by atoms with E-state index in [-0.39, 0.29) is 12.3 Å². The van der Waals surface area contributed by atoms with Gasteiger partial charge in [0.2, 0.25) is 5.91 Å². The van der Waals surface area contributed by atoms with Gasteiger partial charge in [-0.25, -0.2) is 4.79 Å². The lowest BCUT2D eigenvalue weighted by Crippen LogP contribution is -2.57. The van der Waals surface area contributed by atoms with Gasteiger partial charge in [0.15, 0.2) is 0 Å². The number of para-hydroxylation sites is 1.